The van der Waals surface area contributed by atoms with Gasteiger partial charge >= 0.3 is 5.97 Å². The number of aryl methyl sites for hydroxylation is 1. The molecule has 70 valence electrons. The Morgan fingerprint density at radius 3 is 2.77 bits per heavy atom. The molecule has 13 heavy (non-hydrogen) atoms. The van der Waals surface area contributed by atoms with Crippen molar-refractivity contribution in [3.8, 4) is 0 Å². The molecule has 1 rings (SSSR count). The molecular formula is C8H10N2O3. The van der Waals surface area contributed by atoms with E-state index in [-0.39, 0.29) is 11.1 Å². The summed E-state index contributed by atoms with van der Waals surface area (Å²) in [5.74, 6) is -0.632. The van der Waals surface area contributed by atoms with Crippen LogP contribution >= 0.6 is 0 Å². The molecule has 1 aromatic heterocycles. The first-order valence-corrected chi connectivity index (χ1v) is 3.62. The maximum atomic E-state index is 11.0. The average Bonchev–Trinajstić information content (AvgIpc) is 2.13. The summed E-state index contributed by atoms with van der Waals surface area (Å²) in [6, 6.07) is 2.97. The van der Waals surface area contributed by atoms with Crippen molar-refractivity contribution in [1.29, 1.82) is 5.41 Å². The number of hydrogen-bond donors (Lipinski definition) is 2. The summed E-state index contributed by atoms with van der Waals surface area (Å²) < 4.78 is 5.06. The molecule has 0 aliphatic rings. The Morgan fingerprint density at radius 1 is 1.62 bits per heavy atom. The molecule has 1 aromatic rings. The minimum atomic E-state index is -0.632. The van der Waals surface area contributed by atoms with Gasteiger partial charge in [-0.2, -0.15) is 4.73 Å². The second-order valence-electron chi connectivity index (χ2n) is 2.54. The number of rotatable bonds is 1. The molecule has 0 aliphatic heterocycles. The first kappa shape index (κ1) is 9.31. The molecule has 0 aromatic carbocycles. The van der Waals surface area contributed by atoms with Crippen molar-refractivity contribution in [1.82, 2.24) is 4.73 Å². The smallest absolute Gasteiger partial charge is 0.341 e. The number of pyridine rings is 1. The molecule has 1 heterocycles. The molecule has 0 unspecified atom stereocenters. The van der Waals surface area contributed by atoms with Crippen molar-refractivity contribution in [3.05, 3.63) is 28.9 Å². The third-order valence-corrected chi connectivity index (χ3v) is 1.70. The van der Waals surface area contributed by atoms with Crippen LogP contribution in [0.25, 0.3) is 0 Å². The summed E-state index contributed by atoms with van der Waals surface area (Å²) in [5.41, 5.74) is 0.250. The standard InChI is InChI=1S/C8H10N2O3/c1-5-3-4-6(8(11)13-2)7(9)10(5)12/h3-4,9,12H,1-2H3. The van der Waals surface area contributed by atoms with Gasteiger partial charge in [0, 0.05) is 0 Å². The first-order valence-electron chi connectivity index (χ1n) is 3.62. The van der Waals surface area contributed by atoms with Crippen molar-refractivity contribution < 1.29 is 14.7 Å². The van der Waals surface area contributed by atoms with Crippen LogP contribution in [0.2, 0.25) is 0 Å². The molecule has 0 radical (unpaired) electrons. The van der Waals surface area contributed by atoms with Crippen LogP contribution in [-0.2, 0) is 4.74 Å². The summed E-state index contributed by atoms with van der Waals surface area (Å²) in [5, 5.41) is 16.6. The highest BCUT2D eigenvalue weighted by Gasteiger charge is 2.10. The predicted molar refractivity (Wildman–Crippen MR) is 43.5 cm³/mol. The monoisotopic (exact) mass is 182 g/mol. The molecule has 5 nitrogen and oxygen atoms in total. The summed E-state index contributed by atoms with van der Waals surface area (Å²) in [6.45, 7) is 1.62. The van der Waals surface area contributed by atoms with Crippen molar-refractivity contribution in [2.24, 2.45) is 0 Å². The van der Waals surface area contributed by atoms with E-state index in [1.165, 1.54) is 19.2 Å². The summed E-state index contributed by atoms with van der Waals surface area (Å²) in [7, 11) is 1.23. The molecule has 0 fully saturated rings. The molecule has 0 amide bonds. The van der Waals surface area contributed by atoms with Crippen molar-refractivity contribution >= 4 is 5.97 Å². The lowest BCUT2D eigenvalue weighted by Gasteiger charge is -2.05. The van der Waals surface area contributed by atoms with Gasteiger partial charge in [-0.1, -0.05) is 0 Å². The molecule has 0 saturated carbocycles. The molecule has 0 aliphatic carbocycles. The predicted octanol–water partition coefficient (Wildman–Crippen LogP) is 0.300. The fraction of sp³-hybridized carbons (Fsp3) is 0.250. The maximum Gasteiger partial charge on any atom is 0.341 e. The van der Waals surface area contributed by atoms with Crippen LogP contribution in [-0.4, -0.2) is 23.0 Å². The minimum Gasteiger partial charge on any atom is -0.465 e. The molecular weight excluding hydrogens is 172 g/mol. The van der Waals surface area contributed by atoms with Gasteiger partial charge in [-0.3, -0.25) is 5.41 Å². The number of carbonyl (C=O) groups is 1. The summed E-state index contributed by atoms with van der Waals surface area (Å²) in [6.07, 6.45) is 0. The largest absolute Gasteiger partial charge is 0.465 e. The minimum absolute atomic E-state index is 0.0376. The number of hydrogen-bond acceptors (Lipinski definition) is 4. The normalized spacial score (nSPS) is 9.69. The molecule has 0 bridgehead atoms. The third-order valence-electron chi connectivity index (χ3n) is 1.70. The SMILES string of the molecule is COC(=O)c1ccc(C)n(O)c1=N. The van der Waals surface area contributed by atoms with Gasteiger partial charge in [-0.05, 0) is 19.1 Å². The number of ether oxygens (including phenoxy) is 1. The van der Waals surface area contributed by atoms with Crippen LogP contribution in [0.5, 0.6) is 0 Å². The molecule has 5 heteroatoms. The highest BCUT2D eigenvalue weighted by atomic mass is 16.5. The van der Waals surface area contributed by atoms with Crippen LogP contribution in [0.4, 0.5) is 0 Å². The number of nitrogens with zero attached hydrogens (tertiary/aromatic N) is 1. The maximum absolute atomic E-state index is 11.0. The van der Waals surface area contributed by atoms with E-state index in [1.54, 1.807) is 6.92 Å². The second kappa shape index (κ2) is 3.30. The molecule has 0 saturated heterocycles. The molecule has 0 atom stereocenters. The van der Waals surface area contributed by atoms with Gasteiger partial charge < -0.3 is 9.94 Å². The van der Waals surface area contributed by atoms with E-state index >= 15 is 0 Å². The lowest BCUT2D eigenvalue weighted by molar-refractivity contribution is 0.0590. The van der Waals surface area contributed by atoms with Crippen LogP contribution in [0, 0.1) is 12.3 Å². The number of esters is 1. The quantitative estimate of drug-likeness (QED) is 0.484. The lowest BCUT2D eigenvalue weighted by atomic mass is 10.2. The summed E-state index contributed by atoms with van der Waals surface area (Å²) in [4.78, 5) is 11.0. The van der Waals surface area contributed by atoms with Gasteiger partial charge in [0.05, 0.1) is 12.8 Å². The topological polar surface area (TPSA) is 75.3 Å². The van der Waals surface area contributed by atoms with Gasteiger partial charge in [0.2, 0.25) is 0 Å². The van der Waals surface area contributed by atoms with Gasteiger partial charge in [-0.15, -0.1) is 0 Å². The molecule has 0 spiro atoms. The van der Waals surface area contributed by atoms with Gasteiger partial charge in [0.15, 0.2) is 5.49 Å². The summed E-state index contributed by atoms with van der Waals surface area (Å²) >= 11 is 0. The lowest BCUT2D eigenvalue weighted by Crippen LogP contribution is -2.26. The number of aromatic nitrogens is 1. The Kier molecular flexibility index (Phi) is 2.36. The zero-order valence-electron chi connectivity index (χ0n) is 7.37. The molecule has 2 N–H and O–H groups in total. The highest BCUT2D eigenvalue weighted by Crippen LogP contribution is 1.97. The van der Waals surface area contributed by atoms with E-state index in [1.807, 2.05) is 0 Å². The Bertz CT molecular complexity index is 395. The van der Waals surface area contributed by atoms with Crippen LogP contribution in [0.1, 0.15) is 16.1 Å². The van der Waals surface area contributed by atoms with E-state index in [0.717, 1.165) is 0 Å². The Hall–Kier alpha value is -1.78. The zero-order valence-corrected chi connectivity index (χ0v) is 7.37. The van der Waals surface area contributed by atoms with Crippen molar-refractivity contribution in [2.75, 3.05) is 7.11 Å². The van der Waals surface area contributed by atoms with E-state index in [4.69, 9.17) is 5.41 Å². The second-order valence-corrected chi connectivity index (χ2v) is 2.54. The average molecular weight is 182 g/mol. The number of carbonyl (C=O) groups excluding carboxylic acids is 1. The van der Waals surface area contributed by atoms with Crippen LogP contribution in [0.15, 0.2) is 12.1 Å². The van der Waals surface area contributed by atoms with Crippen LogP contribution < -0.4 is 5.49 Å². The van der Waals surface area contributed by atoms with Crippen molar-refractivity contribution in [3.63, 3.8) is 0 Å². The van der Waals surface area contributed by atoms with Gasteiger partial charge in [-0.25, -0.2) is 4.79 Å². The Morgan fingerprint density at radius 2 is 2.23 bits per heavy atom. The van der Waals surface area contributed by atoms with E-state index < -0.39 is 5.97 Å². The first-order chi connectivity index (χ1) is 6.07. The van der Waals surface area contributed by atoms with Gasteiger partial charge in [0.1, 0.15) is 5.56 Å². The van der Waals surface area contributed by atoms with E-state index in [9.17, 15) is 10.0 Å². The van der Waals surface area contributed by atoms with E-state index in [2.05, 4.69) is 4.74 Å². The zero-order chi connectivity index (χ0) is 10.0. The van der Waals surface area contributed by atoms with Crippen molar-refractivity contribution in [2.45, 2.75) is 6.92 Å². The van der Waals surface area contributed by atoms with Gasteiger partial charge in [0.25, 0.3) is 0 Å². The van der Waals surface area contributed by atoms with E-state index in [0.29, 0.717) is 10.4 Å². The highest BCUT2D eigenvalue weighted by molar-refractivity contribution is 5.88. The third kappa shape index (κ3) is 1.53. The number of methoxy groups -OCH3 is 1. The van der Waals surface area contributed by atoms with Crippen LogP contribution in [0.3, 0.4) is 0 Å². The number of nitrogens with one attached hydrogen (secondary N) is 1. The Labute approximate surface area is 74.7 Å². The Balaban J connectivity index is 3.35. The fourth-order valence-electron chi connectivity index (χ4n) is 0.919. The fourth-order valence-corrected chi connectivity index (χ4v) is 0.919.